The number of benzene rings is 1. The minimum atomic E-state index is -4.10. The summed E-state index contributed by atoms with van der Waals surface area (Å²) < 4.78 is 52.5. The van der Waals surface area contributed by atoms with Crippen LogP contribution in [0.15, 0.2) is 41.4 Å². The molecule has 2 unspecified atom stereocenters. The van der Waals surface area contributed by atoms with E-state index in [1.165, 1.54) is 17.8 Å². The lowest BCUT2D eigenvalue weighted by atomic mass is 9.88. The lowest BCUT2D eigenvalue weighted by molar-refractivity contribution is 0.334. The van der Waals surface area contributed by atoms with Crippen LogP contribution in [0.25, 0.3) is 0 Å². The van der Waals surface area contributed by atoms with Crippen LogP contribution >= 0.6 is 0 Å². The predicted molar refractivity (Wildman–Crippen MR) is 117 cm³/mol. The molecule has 1 aromatic carbocycles. The number of fused-ring (bicyclic) bond motifs is 1. The second-order valence-electron chi connectivity index (χ2n) is 8.34. The lowest BCUT2D eigenvalue weighted by Gasteiger charge is -2.41. The van der Waals surface area contributed by atoms with Crippen molar-refractivity contribution in [1.82, 2.24) is 9.71 Å². The molecular weight excluding hydrogens is 434 g/mol. The molecule has 0 spiro atoms. The average Bonchev–Trinajstić information content (AvgIpc) is 3.09. The van der Waals surface area contributed by atoms with Crippen LogP contribution in [-0.4, -0.2) is 38.8 Å². The number of sulfonamides is 1. The molecule has 4 rings (SSSR count). The summed E-state index contributed by atoms with van der Waals surface area (Å²) in [6, 6.07) is 10.2. The molecule has 1 N–H and O–H groups in total. The molecule has 6 nitrogen and oxygen atoms in total. The predicted octanol–water partition coefficient (Wildman–Crippen LogP) is 3.95. The molecule has 170 valence electrons. The van der Waals surface area contributed by atoms with Gasteiger partial charge in [0.25, 0.3) is 0 Å². The molecule has 0 amide bonds. The van der Waals surface area contributed by atoms with Crippen LogP contribution < -0.4 is 9.62 Å². The number of anilines is 1. The highest BCUT2D eigenvalue weighted by atomic mass is 32.2. The van der Waals surface area contributed by atoms with Crippen molar-refractivity contribution in [2.75, 3.05) is 18.2 Å². The largest absolute Gasteiger partial charge is 0.358 e. The van der Waals surface area contributed by atoms with Gasteiger partial charge in [-0.25, -0.2) is 21.9 Å². The van der Waals surface area contributed by atoms with E-state index in [-0.39, 0.29) is 10.9 Å². The molecule has 1 aromatic heterocycles. The van der Waals surface area contributed by atoms with Gasteiger partial charge < -0.3 is 4.90 Å². The quantitative estimate of drug-likeness (QED) is 0.645. The molecule has 2 aliphatic rings. The van der Waals surface area contributed by atoms with E-state index in [2.05, 4.69) is 28.9 Å². The zero-order valence-corrected chi connectivity index (χ0v) is 18.7. The van der Waals surface area contributed by atoms with Gasteiger partial charge in [0.1, 0.15) is 18.2 Å². The topological polar surface area (TPSA) is 86.1 Å². The van der Waals surface area contributed by atoms with Gasteiger partial charge in [-0.05, 0) is 55.0 Å². The number of pyridine rings is 1. The van der Waals surface area contributed by atoms with Crippen LogP contribution in [0, 0.1) is 11.3 Å². The number of hydrogen-bond acceptors (Lipinski definition) is 5. The van der Waals surface area contributed by atoms with Gasteiger partial charge in [-0.2, -0.15) is 5.26 Å². The normalized spacial score (nSPS) is 20.8. The van der Waals surface area contributed by atoms with Gasteiger partial charge in [0.2, 0.25) is 10.0 Å². The van der Waals surface area contributed by atoms with Crippen LogP contribution in [-0.2, 0) is 16.4 Å². The summed E-state index contributed by atoms with van der Waals surface area (Å²) in [6.07, 6.45) is 5.29. The standard InChI is InChI=1S/C23H26F2N4O2S/c1-2-15-6-8-19-20(13-26)23(29(22(19)10-15)17-4-3-5-17)21-9-7-18(14-27-21)32(30,31)28-16(11-24)12-25/h6-10,14,16-17,20,23,28H,2-5,11-12H2,1H3. The first kappa shape index (κ1) is 22.6. The maximum Gasteiger partial charge on any atom is 0.242 e. The third-order valence-electron chi connectivity index (χ3n) is 6.41. The van der Waals surface area contributed by atoms with E-state index in [0.29, 0.717) is 11.7 Å². The Balaban J connectivity index is 1.69. The van der Waals surface area contributed by atoms with Gasteiger partial charge in [0.15, 0.2) is 0 Å². The van der Waals surface area contributed by atoms with Crippen LogP contribution in [0.2, 0.25) is 0 Å². The van der Waals surface area contributed by atoms with E-state index >= 15 is 0 Å². The van der Waals surface area contributed by atoms with E-state index in [9.17, 15) is 22.5 Å². The maximum atomic E-state index is 12.8. The number of alkyl halides is 2. The fourth-order valence-corrected chi connectivity index (χ4v) is 5.58. The molecular formula is C23H26F2N4O2S. The number of hydrogen-bond donors (Lipinski definition) is 1. The Morgan fingerprint density at radius 2 is 2.00 bits per heavy atom. The zero-order valence-electron chi connectivity index (χ0n) is 17.8. The minimum Gasteiger partial charge on any atom is -0.358 e. The highest BCUT2D eigenvalue weighted by Gasteiger charge is 2.45. The average molecular weight is 461 g/mol. The lowest BCUT2D eigenvalue weighted by Crippen LogP contribution is -2.41. The van der Waals surface area contributed by atoms with Crippen LogP contribution in [0.4, 0.5) is 14.5 Å². The first-order valence-electron chi connectivity index (χ1n) is 10.8. The van der Waals surface area contributed by atoms with Crippen molar-refractivity contribution in [3.8, 4) is 6.07 Å². The van der Waals surface area contributed by atoms with E-state index in [1.54, 1.807) is 6.07 Å². The smallest absolute Gasteiger partial charge is 0.242 e. The summed E-state index contributed by atoms with van der Waals surface area (Å²) in [5, 5.41) is 10.0. The highest BCUT2D eigenvalue weighted by molar-refractivity contribution is 7.89. The SMILES string of the molecule is CCc1ccc2c(c1)N(C1CCC1)C(c1ccc(S(=O)(=O)NC(CF)CF)cn1)C2C#N. The van der Waals surface area contributed by atoms with Gasteiger partial charge in [-0.3, -0.25) is 4.98 Å². The number of aromatic nitrogens is 1. The number of nitrogens with one attached hydrogen (secondary N) is 1. The Morgan fingerprint density at radius 3 is 2.53 bits per heavy atom. The van der Waals surface area contributed by atoms with Gasteiger partial charge >= 0.3 is 0 Å². The Kier molecular flexibility index (Phi) is 6.45. The van der Waals surface area contributed by atoms with Crippen molar-refractivity contribution >= 4 is 15.7 Å². The van der Waals surface area contributed by atoms with Gasteiger partial charge in [0, 0.05) is 17.9 Å². The summed E-state index contributed by atoms with van der Waals surface area (Å²) in [5.74, 6) is -0.424. The molecule has 0 saturated heterocycles. The van der Waals surface area contributed by atoms with Gasteiger partial charge in [0.05, 0.1) is 29.8 Å². The van der Waals surface area contributed by atoms with E-state index in [0.717, 1.165) is 36.9 Å². The van der Waals surface area contributed by atoms with Gasteiger partial charge in [-0.15, -0.1) is 0 Å². The fraction of sp³-hybridized carbons (Fsp3) is 0.478. The highest BCUT2D eigenvalue weighted by Crippen LogP contribution is 2.52. The second kappa shape index (κ2) is 9.12. The fourth-order valence-electron chi connectivity index (χ4n) is 4.44. The Labute approximate surface area is 187 Å². The number of aryl methyl sites for hydroxylation is 1. The third kappa shape index (κ3) is 3.97. The number of halogens is 2. The molecule has 1 aliphatic heterocycles. The zero-order chi connectivity index (χ0) is 22.9. The van der Waals surface area contributed by atoms with Crippen molar-refractivity contribution in [2.45, 2.75) is 61.5 Å². The van der Waals surface area contributed by atoms with Gasteiger partial charge in [-0.1, -0.05) is 19.1 Å². The number of nitrogens with zero attached hydrogens (tertiary/aromatic N) is 3. The molecule has 2 heterocycles. The molecule has 2 aromatic rings. The molecule has 0 radical (unpaired) electrons. The summed E-state index contributed by atoms with van der Waals surface area (Å²) >= 11 is 0. The van der Waals surface area contributed by atoms with Crippen molar-refractivity contribution in [3.63, 3.8) is 0 Å². The molecule has 1 aliphatic carbocycles. The Bertz CT molecular complexity index is 1110. The molecule has 32 heavy (non-hydrogen) atoms. The van der Waals surface area contributed by atoms with Crippen molar-refractivity contribution < 1.29 is 17.2 Å². The molecule has 1 saturated carbocycles. The van der Waals surface area contributed by atoms with E-state index < -0.39 is 35.3 Å². The Morgan fingerprint density at radius 1 is 1.25 bits per heavy atom. The van der Waals surface area contributed by atoms with E-state index in [4.69, 9.17) is 0 Å². The van der Waals surface area contributed by atoms with Crippen LogP contribution in [0.5, 0.6) is 0 Å². The molecule has 1 fully saturated rings. The first-order chi connectivity index (χ1) is 15.4. The molecule has 9 heteroatoms. The summed E-state index contributed by atoms with van der Waals surface area (Å²) in [7, 11) is -4.10. The number of rotatable bonds is 8. The third-order valence-corrected chi connectivity index (χ3v) is 7.91. The van der Waals surface area contributed by atoms with E-state index in [1.807, 2.05) is 16.9 Å². The summed E-state index contributed by atoms with van der Waals surface area (Å²) in [5.41, 5.74) is 3.82. The molecule has 2 atom stereocenters. The second-order valence-corrected chi connectivity index (χ2v) is 10.0. The maximum absolute atomic E-state index is 12.8. The summed E-state index contributed by atoms with van der Waals surface area (Å²) in [4.78, 5) is 6.52. The summed E-state index contributed by atoms with van der Waals surface area (Å²) in [6.45, 7) is -0.183. The van der Waals surface area contributed by atoms with Crippen molar-refractivity contribution in [1.29, 1.82) is 5.26 Å². The molecule has 0 bridgehead atoms. The monoisotopic (exact) mass is 460 g/mol. The van der Waals surface area contributed by atoms with Crippen LogP contribution in [0.3, 0.4) is 0 Å². The van der Waals surface area contributed by atoms with Crippen LogP contribution in [0.1, 0.15) is 55.0 Å². The Hall–Kier alpha value is -2.57. The number of nitriles is 1. The first-order valence-corrected chi connectivity index (χ1v) is 12.3. The van der Waals surface area contributed by atoms with Crippen molar-refractivity contribution in [2.24, 2.45) is 0 Å². The van der Waals surface area contributed by atoms with Crippen molar-refractivity contribution in [3.05, 3.63) is 53.3 Å². The minimum absolute atomic E-state index is 0.166.